The fourth-order valence-corrected chi connectivity index (χ4v) is 1.28. The number of rotatable bonds is 3. The normalized spacial score (nSPS) is 9.93. The van der Waals surface area contributed by atoms with E-state index in [1.807, 2.05) is 13.2 Å². The Kier molecular flexibility index (Phi) is 3.88. The molecule has 1 heterocycles. The average molecular weight is 212 g/mol. The zero-order valence-electron chi connectivity index (χ0n) is 8.40. The molecule has 5 heteroatoms. The molecule has 1 aromatic rings. The van der Waals surface area contributed by atoms with Gasteiger partial charge in [-0.1, -0.05) is 11.8 Å². The van der Waals surface area contributed by atoms with Crippen LogP contribution in [0.1, 0.15) is 18.2 Å². The van der Waals surface area contributed by atoms with Gasteiger partial charge in [-0.05, 0) is 13.2 Å². The van der Waals surface area contributed by atoms with Gasteiger partial charge in [0.1, 0.15) is 6.61 Å². The molecule has 0 aliphatic rings. The third-order valence-corrected chi connectivity index (χ3v) is 2.23. The standard InChI is InChI=1S/C9H12N2O2S/c1-6-8(5-13-7(2)12)4-10-9(11-6)14-3/h4H,5H2,1-3H3. The zero-order chi connectivity index (χ0) is 10.6. The molecule has 0 atom stereocenters. The first-order valence-corrected chi connectivity index (χ1v) is 5.36. The quantitative estimate of drug-likeness (QED) is 0.432. The zero-order valence-corrected chi connectivity index (χ0v) is 9.22. The van der Waals surface area contributed by atoms with Crippen molar-refractivity contribution in [3.63, 3.8) is 0 Å². The molecule has 76 valence electrons. The van der Waals surface area contributed by atoms with Gasteiger partial charge in [-0.25, -0.2) is 9.97 Å². The van der Waals surface area contributed by atoms with Crippen molar-refractivity contribution in [1.29, 1.82) is 0 Å². The smallest absolute Gasteiger partial charge is 0.302 e. The summed E-state index contributed by atoms with van der Waals surface area (Å²) < 4.78 is 4.86. The van der Waals surface area contributed by atoms with Crippen molar-refractivity contribution in [2.24, 2.45) is 0 Å². The molecule has 0 saturated carbocycles. The van der Waals surface area contributed by atoms with Crippen molar-refractivity contribution < 1.29 is 9.53 Å². The van der Waals surface area contributed by atoms with Crippen molar-refractivity contribution in [2.75, 3.05) is 6.26 Å². The number of carbonyl (C=O) groups is 1. The first-order valence-electron chi connectivity index (χ1n) is 4.13. The van der Waals surface area contributed by atoms with Gasteiger partial charge >= 0.3 is 5.97 Å². The highest BCUT2D eigenvalue weighted by molar-refractivity contribution is 7.98. The van der Waals surface area contributed by atoms with Crippen LogP contribution in [-0.4, -0.2) is 22.2 Å². The van der Waals surface area contributed by atoms with Crippen LogP contribution in [0.15, 0.2) is 11.4 Å². The number of hydrogen-bond donors (Lipinski definition) is 0. The van der Waals surface area contributed by atoms with Crippen LogP contribution in [0, 0.1) is 6.92 Å². The SMILES string of the molecule is CSc1ncc(COC(C)=O)c(C)n1. The molecule has 0 aromatic carbocycles. The van der Waals surface area contributed by atoms with Crippen LogP contribution in [0.4, 0.5) is 0 Å². The Bertz CT molecular complexity index is 342. The van der Waals surface area contributed by atoms with E-state index in [0.29, 0.717) is 0 Å². The molecule has 4 nitrogen and oxygen atoms in total. The van der Waals surface area contributed by atoms with Crippen LogP contribution in [-0.2, 0) is 16.1 Å². The van der Waals surface area contributed by atoms with Crippen molar-refractivity contribution in [3.8, 4) is 0 Å². The predicted molar refractivity (Wildman–Crippen MR) is 54.0 cm³/mol. The summed E-state index contributed by atoms with van der Waals surface area (Å²) in [6.45, 7) is 3.50. The van der Waals surface area contributed by atoms with E-state index in [-0.39, 0.29) is 12.6 Å². The maximum absolute atomic E-state index is 10.6. The van der Waals surface area contributed by atoms with Crippen LogP contribution in [0.5, 0.6) is 0 Å². The molecule has 0 unspecified atom stereocenters. The van der Waals surface area contributed by atoms with Gasteiger partial charge in [0, 0.05) is 24.4 Å². The van der Waals surface area contributed by atoms with Crippen molar-refractivity contribution in [2.45, 2.75) is 25.6 Å². The number of aryl methyl sites for hydroxylation is 1. The fourth-order valence-electron chi connectivity index (χ4n) is 0.890. The molecule has 0 amide bonds. The number of hydrogen-bond acceptors (Lipinski definition) is 5. The lowest BCUT2D eigenvalue weighted by atomic mass is 10.3. The highest BCUT2D eigenvalue weighted by atomic mass is 32.2. The summed E-state index contributed by atoms with van der Waals surface area (Å²) in [4.78, 5) is 18.9. The van der Waals surface area contributed by atoms with E-state index < -0.39 is 0 Å². The van der Waals surface area contributed by atoms with Gasteiger partial charge in [-0.3, -0.25) is 4.79 Å². The number of carbonyl (C=O) groups excluding carboxylic acids is 1. The number of thioether (sulfide) groups is 1. The van der Waals surface area contributed by atoms with Crippen LogP contribution >= 0.6 is 11.8 Å². The second kappa shape index (κ2) is 4.95. The molecule has 0 saturated heterocycles. The highest BCUT2D eigenvalue weighted by Gasteiger charge is 2.03. The Morgan fingerprint density at radius 3 is 2.86 bits per heavy atom. The van der Waals surface area contributed by atoms with Crippen molar-refractivity contribution >= 4 is 17.7 Å². The Hall–Kier alpha value is -1.10. The van der Waals surface area contributed by atoms with Crippen LogP contribution in [0.3, 0.4) is 0 Å². The molecule has 0 fully saturated rings. The summed E-state index contributed by atoms with van der Waals surface area (Å²) in [5.41, 5.74) is 1.70. The molecule has 1 aromatic heterocycles. The largest absolute Gasteiger partial charge is 0.461 e. The van der Waals surface area contributed by atoms with E-state index >= 15 is 0 Å². The maximum atomic E-state index is 10.6. The second-order valence-electron chi connectivity index (χ2n) is 2.75. The van der Waals surface area contributed by atoms with E-state index in [9.17, 15) is 4.79 Å². The Labute approximate surface area is 87.1 Å². The summed E-state index contributed by atoms with van der Waals surface area (Å²) in [6.07, 6.45) is 3.61. The van der Waals surface area contributed by atoms with Crippen LogP contribution < -0.4 is 0 Å². The molecular formula is C9H12N2O2S. The third-order valence-electron chi connectivity index (χ3n) is 1.67. The van der Waals surface area contributed by atoms with Gasteiger partial charge in [-0.15, -0.1) is 0 Å². The molecule has 0 aliphatic heterocycles. The number of ether oxygens (including phenoxy) is 1. The molecule has 0 bridgehead atoms. The molecule has 0 spiro atoms. The molecule has 14 heavy (non-hydrogen) atoms. The van der Waals surface area contributed by atoms with E-state index in [1.165, 1.54) is 18.7 Å². The fraction of sp³-hybridized carbons (Fsp3) is 0.444. The number of esters is 1. The van der Waals surface area contributed by atoms with Gasteiger partial charge in [0.25, 0.3) is 0 Å². The topological polar surface area (TPSA) is 52.1 Å². The number of aromatic nitrogens is 2. The van der Waals surface area contributed by atoms with E-state index in [4.69, 9.17) is 4.74 Å². The molecule has 0 radical (unpaired) electrons. The minimum absolute atomic E-state index is 0.246. The minimum Gasteiger partial charge on any atom is -0.461 e. The average Bonchev–Trinajstić information content (AvgIpc) is 2.15. The number of nitrogens with zero attached hydrogens (tertiary/aromatic N) is 2. The van der Waals surface area contributed by atoms with Gasteiger partial charge in [-0.2, -0.15) is 0 Å². The van der Waals surface area contributed by atoms with Gasteiger partial charge < -0.3 is 4.74 Å². The van der Waals surface area contributed by atoms with Crippen molar-refractivity contribution in [1.82, 2.24) is 9.97 Å². The van der Waals surface area contributed by atoms with E-state index in [1.54, 1.807) is 6.20 Å². The Balaban J connectivity index is 2.73. The molecule has 0 aliphatic carbocycles. The first kappa shape index (κ1) is 11.0. The predicted octanol–water partition coefficient (Wildman–Crippen LogP) is 1.57. The Morgan fingerprint density at radius 2 is 2.36 bits per heavy atom. The lowest BCUT2D eigenvalue weighted by molar-refractivity contribution is -0.142. The lowest BCUT2D eigenvalue weighted by Gasteiger charge is -2.05. The highest BCUT2D eigenvalue weighted by Crippen LogP contribution is 2.11. The first-order chi connectivity index (χ1) is 6.63. The van der Waals surface area contributed by atoms with E-state index in [2.05, 4.69) is 9.97 Å². The summed E-state index contributed by atoms with van der Waals surface area (Å²) in [6, 6.07) is 0. The summed E-state index contributed by atoms with van der Waals surface area (Å²) in [7, 11) is 0. The molecule has 0 N–H and O–H groups in total. The maximum Gasteiger partial charge on any atom is 0.302 e. The Morgan fingerprint density at radius 1 is 1.64 bits per heavy atom. The van der Waals surface area contributed by atoms with Crippen molar-refractivity contribution in [3.05, 3.63) is 17.5 Å². The minimum atomic E-state index is -0.293. The monoisotopic (exact) mass is 212 g/mol. The lowest BCUT2D eigenvalue weighted by Crippen LogP contribution is -2.03. The summed E-state index contributed by atoms with van der Waals surface area (Å²) in [5.74, 6) is -0.293. The van der Waals surface area contributed by atoms with Crippen LogP contribution in [0.2, 0.25) is 0 Å². The van der Waals surface area contributed by atoms with Crippen LogP contribution in [0.25, 0.3) is 0 Å². The van der Waals surface area contributed by atoms with Gasteiger partial charge in [0.05, 0.1) is 0 Å². The van der Waals surface area contributed by atoms with E-state index in [0.717, 1.165) is 16.4 Å². The third kappa shape index (κ3) is 2.99. The molecular weight excluding hydrogens is 200 g/mol. The summed E-state index contributed by atoms with van der Waals surface area (Å²) >= 11 is 1.49. The van der Waals surface area contributed by atoms with Gasteiger partial charge in [0.15, 0.2) is 5.16 Å². The summed E-state index contributed by atoms with van der Waals surface area (Å²) in [5, 5.41) is 0.731. The molecule has 1 rings (SSSR count). The van der Waals surface area contributed by atoms with Gasteiger partial charge in [0.2, 0.25) is 0 Å². The second-order valence-corrected chi connectivity index (χ2v) is 3.52.